The van der Waals surface area contributed by atoms with Crippen LogP contribution >= 0.6 is 11.8 Å². The summed E-state index contributed by atoms with van der Waals surface area (Å²) in [6.07, 6.45) is 1.69. The molecule has 1 aliphatic heterocycles. The molecule has 1 aliphatic rings. The van der Waals surface area contributed by atoms with E-state index in [2.05, 4.69) is 11.4 Å². The Morgan fingerprint density at radius 3 is 2.38 bits per heavy atom. The van der Waals surface area contributed by atoms with Crippen molar-refractivity contribution in [2.45, 2.75) is 20.8 Å². The van der Waals surface area contributed by atoms with E-state index < -0.39 is 17.1 Å². The third-order valence-electron chi connectivity index (χ3n) is 5.52. The molecule has 3 amide bonds. The molecule has 1 fully saturated rings. The summed E-state index contributed by atoms with van der Waals surface area (Å²) in [4.78, 5) is 39.0. The van der Waals surface area contributed by atoms with Gasteiger partial charge in [0.2, 0.25) is 5.91 Å². The second kappa shape index (κ2) is 9.41. The highest BCUT2D eigenvalue weighted by Gasteiger charge is 2.36. The second-order valence-corrected chi connectivity index (χ2v) is 9.00. The first kappa shape index (κ1) is 23.1. The zero-order chi connectivity index (χ0) is 24.4. The molecule has 170 valence electrons. The molecule has 0 saturated carbocycles. The fraction of sp³-hybridized carbons (Fsp3) is 0.154. The molecular formula is C26H22N4O3S. The Morgan fingerprint density at radius 1 is 1.06 bits per heavy atom. The number of aromatic nitrogens is 1. The van der Waals surface area contributed by atoms with Gasteiger partial charge in [0.1, 0.15) is 6.54 Å². The number of rotatable bonds is 5. The fourth-order valence-corrected chi connectivity index (χ4v) is 4.60. The summed E-state index contributed by atoms with van der Waals surface area (Å²) in [6.45, 7) is 5.47. The smallest absolute Gasteiger partial charge is 0.294 e. The molecule has 4 rings (SSSR count). The number of anilines is 1. The van der Waals surface area contributed by atoms with Crippen LogP contribution in [0.2, 0.25) is 0 Å². The minimum Gasteiger partial charge on any atom is -0.325 e. The number of nitrogens with one attached hydrogen (secondary N) is 1. The van der Waals surface area contributed by atoms with Gasteiger partial charge in [0.25, 0.3) is 11.1 Å². The molecule has 8 heteroatoms. The summed E-state index contributed by atoms with van der Waals surface area (Å²) in [5, 5.41) is 11.3. The lowest BCUT2D eigenvalue weighted by Crippen LogP contribution is -2.36. The number of imide groups is 1. The van der Waals surface area contributed by atoms with Crippen molar-refractivity contribution >= 4 is 40.6 Å². The first-order valence-corrected chi connectivity index (χ1v) is 11.4. The number of nitriles is 1. The molecule has 2 aromatic carbocycles. The maximum atomic E-state index is 12.9. The van der Waals surface area contributed by atoms with Crippen molar-refractivity contribution in [2.75, 3.05) is 11.9 Å². The molecule has 1 saturated heterocycles. The van der Waals surface area contributed by atoms with Crippen LogP contribution in [0.5, 0.6) is 0 Å². The highest BCUT2D eigenvalue weighted by molar-refractivity contribution is 8.18. The first-order valence-electron chi connectivity index (χ1n) is 10.6. The Hall–Kier alpha value is -4.09. The van der Waals surface area contributed by atoms with Gasteiger partial charge in [-0.3, -0.25) is 19.3 Å². The summed E-state index contributed by atoms with van der Waals surface area (Å²) in [7, 11) is 0. The Kier molecular flexibility index (Phi) is 6.39. The molecule has 3 aromatic rings. The minimum absolute atomic E-state index is 0.271. The van der Waals surface area contributed by atoms with E-state index in [1.54, 1.807) is 30.3 Å². The monoisotopic (exact) mass is 470 g/mol. The topological polar surface area (TPSA) is 95.2 Å². The van der Waals surface area contributed by atoms with Crippen LogP contribution in [0.4, 0.5) is 10.5 Å². The van der Waals surface area contributed by atoms with E-state index >= 15 is 0 Å². The van der Waals surface area contributed by atoms with Crippen LogP contribution in [0.1, 0.15) is 28.1 Å². The summed E-state index contributed by atoms with van der Waals surface area (Å²) in [5.74, 6) is -0.927. The number of thioether (sulfide) groups is 1. The van der Waals surface area contributed by atoms with Gasteiger partial charge in [0.05, 0.1) is 16.5 Å². The maximum absolute atomic E-state index is 12.9. The van der Waals surface area contributed by atoms with Crippen LogP contribution < -0.4 is 5.32 Å². The second-order valence-electron chi connectivity index (χ2n) is 8.00. The molecule has 0 bridgehead atoms. The van der Waals surface area contributed by atoms with Crippen LogP contribution in [0.25, 0.3) is 11.8 Å². The van der Waals surface area contributed by atoms with Gasteiger partial charge in [-0.1, -0.05) is 17.7 Å². The van der Waals surface area contributed by atoms with Gasteiger partial charge >= 0.3 is 0 Å². The summed E-state index contributed by atoms with van der Waals surface area (Å²) >= 11 is 0.825. The SMILES string of the molecule is Cc1ccc(NC(=O)CN2C(=O)S/C(=C\c3cc(C)n(-c4ccc(C#N)cc4)c3C)C2=O)cc1. The van der Waals surface area contributed by atoms with Crippen LogP contribution in [0.15, 0.2) is 59.5 Å². The molecule has 0 atom stereocenters. The van der Waals surface area contributed by atoms with Crippen molar-refractivity contribution in [3.05, 3.63) is 87.6 Å². The number of aryl methyl sites for hydroxylation is 2. The van der Waals surface area contributed by atoms with Gasteiger partial charge in [0, 0.05) is 22.8 Å². The lowest BCUT2D eigenvalue weighted by molar-refractivity contribution is -0.127. The van der Waals surface area contributed by atoms with E-state index in [1.807, 2.05) is 55.7 Å². The van der Waals surface area contributed by atoms with Crippen LogP contribution in [-0.4, -0.2) is 33.1 Å². The number of nitrogens with zero attached hydrogens (tertiary/aromatic N) is 3. The molecular weight excluding hydrogens is 448 g/mol. The number of carbonyl (C=O) groups excluding carboxylic acids is 3. The van der Waals surface area contributed by atoms with Gasteiger partial charge in [-0.25, -0.2) is 0 Å². The van der Waals surface area contributed by atoms with Crippen molar-refractivity contribution in [3.8, 4) is 11.8 Å². The van der Waals surface area contributed by atoms with Gasteiger partial charge < -0.3 is 9.88 Å². The number of benzene rings is 2. The van der Waals surface area contributed by atoms with Gasteiger partial charge in [-0.2, -0.15) is 5.26 Å². The lowest BCUT2D eigenvalue weighted by Gasteiger charge is -2.12. The highest BCUT2D eigenvalue weighted by atomic mass is 32.2. The number of hydrogen-bond donors (Lipinski definition) is 1. The average molecular weight is 471 g/mol. The molecule has 0 spiro atoms. The predicted molar refractivity (Wildman–Crippen MR) is 132 cm³/mol. The average Bonchev–Trinajstić information content (AvgIpc) is 3.24. The van der Waals surface area contributed by atoms with Gasteiger partial charge in [0.15, 0.2) is 0 Å². The molecule has 34 heavy (non-hydrogen) atoms. The van der Waals surface area contributed by atoms with E-state index in [0.29, 0.717) is 11.3 Å². The van der Waals surface area contributed by atoms with Crippen LogP contribution in [0, 0.1) is 32.1 Å². The van der Waals surface area contributed by atoms with Crippen molar-refractivity contribution < 1.29 is 14.4 Å². The highest BCUT2D eigenvalue weighted by Crippen LogP contribution is 2.33. The fourth-order valence-electron chi connectivity index (χ4n) is 3.77. The summed E-state index contributed by atoms with van der Waals surface area (Å²) < 4.78 is 2.02. The number of hydrogen-bond acceptors (Lipinski definition) is 5. The third kappa shape index (κ3) is 4.65. The van der Waals surface area contributed by atoms with E-state index in [0.717, 1.165) is 44.9 Å². The Bertz CT molecular complexity index is 1360. The molecule has 0 radical (unpaired) electrons. The summed E-state index contributed by atoms with van der Waals surface area (Å²) in [6, 6.07) is 18.5. The zero-order valence-corrected chi connectivity index (χ0v) is 19.8. The van der Waals surface area contributed by atoms with E-state index in [1.165, 1.54) is 0 Å². The molecule has 1 N–H and O–H groups in total. The quantitative estimate of drug-likeness (QED) is 0.533. The Morgan fingerprint density at radius 2 is 1.74 bits per heavy atom. The first-order chi connectivity index (χ1) is 16.3. The molecule has 7 nitrogen and oxygen atoms in total. The third-order valence-corrected chi connectivity index (χ3v) is 6.43. The number of carbonyl (C=O) groups is 3. The van der Waals surface area contributed by atoms with E-state index in [9.17, 15) is 14.4 Å². The molecule has 2 heterocycles. The van der Waals surface area contributed by atoms with Crippen molar-refractivity contribution in [1.29, 1.82) is 5.26 Å². The summed E-state index contributed by atoms with van der Waals surface area (Å²) in [5.41, 5.74) is 5.79. The van der Waals surface area contributed by atoms with Gasteiger partial charge in [-0.05, 0) is 86.6 Å². The van der Waals surface area contributed by atoms with Crippen molar-refractivity contribution in [3.63, 3.8) is 0 Å². The van der Waals surface area contributed by atoms with Crippen molar-refractivity contribution in [1.82, 2.24) is 9.47 Å². The van der Waals surface area contributed by atoms with Crippen molar-refractivity contribution in [2.24, 2.45) is 0 Å². The largest absolute Gasteiger partial charge is 0.325 e. The maximum Gasteiger partial charge on any atom is 0.294 e. The molecule has 0 aliphatic carbocycles. The van der Waals surface area contributed by atoms with Gasteiger partial charge in [-0.15, -0.1) is 0 Å². The van der Waals surface area contributed by atoms with E-state index in [-0.39, 0.29) is 11.4 Å². The standard InChI is InChI=1S/C26H22N4O3S/c1-16-4-8-21(9-5-16)28-24(31)15-29-25(32)23(34-26(29)33)13-20-12-17(2)30(18(20)3)22-10-6-19(14-27)7-11-22/h4-13H,15H2,1-3H3,(H,28,31)/b23-13-. The normalized spacial score (nSPS) is 14.5. The predicted octanol–water partition coefficient (Wildman–Crippen LogP) is 4.95. The molecule has 1 aromatic heterocycles. The van der Waals surface area contributed by atoms with Crippen LogP contribution in [-0.2, 0) is 9.59 Å². The molecule has 0 unspecified atom stereocenters. The number of amides is 3. The van der Waals surface area contributed by atoms with E-state index in [4.69, 9.17) is 5.26 Å². The lowest BCUT2D eigenvalue weighted by atomic mass is 10.2. The Labute approximate surface area is 201 Å². The zero-order valence-electron chi connectivity index (χ0n) is 19.0. The van der Waals surface area contributed by atoms with Crippen LogP contribution in [0.3, 0.4) is 0 Å². The Balaban J connectivity index is 1.52. The minimum atomic E-state index is -0.489.